The van der Waals surface area contributed by atoms with E-state index in [1.165, 1.54) is 0 Å². The van der Waals surface area contributed by atoms with E-state index in [2.05, 4.69) is 0 Å². The summed E-state index contributed by atoms with van der Waals surface area (Å²) in [6.07, 6.45) is 0. The number of hydrogen-bond acceptors (Lipinski definition) is 2. The van der Waals surface area contributed by atoms with E-state index in [1.807, 2.05) is 0 Å². The van der Waals surface area contributed by atoms with E-state index < -0.39 is 12.6 Å². The largest absolute Gasteiger partial charge is 1.00 e. The summed E-state index contributed by atoms with van der Waals surface area (Å²) in [7, 11) is 0. The van der Waals surface area contributed by atoms with Crippen LogP contribution in [0.3, 0.4) is 0 Å². The number of carboxylic acid groups (broad SMARTS) is 1. The topological polar surface area (TPSA) is 40.1 Å². The van der Waals surface area contributed by atoms with E-state index >= 15 is 0 Å². The van der Waals surface area contributed by atoms with Crippen LogP contribution >= 0.6 is 0 Å². The Hall–Kier alpha value is 1.21. The summed E-state index contributed by atoms with van der Waals surface area (Å²) in [5.41, 5.74) is 0. The summed E-state index contributed by atoms with van der Waals surface area (Å²) >= 11 is 0. The molecule has 0 aromatic heterocycles. The number of alkyl halides is 1. The number of hydrogen-bond donors (Lipinski definition) is 0. The first-order chi connectivity index (χ1) is 2.27. The predicted octanol–water partition coefficient (Wildman–Crippen LogP) is -4.29. The van der Waals surface area contributed by atoms with Gasteiger partial charge in [0.25, 0.3) is 0 Å². The molecule has 4 heteroatoms. The molecule has 0 aliphatic carbocycles. The molecule has 0 amide bonds. The summed E-state index contributed by atoms with van der Waals surface area (Å²) in [4.78, 5) is 8.88. The molecule has 0 saturated carbocycles. The number of carbonyl (C=O) groups excluding carboxylic acids is 1. The molecule has 0 aliphatic rings. The fourth-order valence-electron chi connectivity index (χ4n) is 0. The maximum absolute atomic E-state index is 10.5. The van der Waals surface area contributed by atoms with Gasteiger partial charge in [-0.15, -0.1) is 0 Å². The Balaban J connectivity index is 0. The van der Waals surface area contributed by atoms with Crippen molar-refractivity contribution >= 4 is 5.97 Å². The molecule has 0 radical (unpaired) electrons. The van der Waals surface area contributed by atoms with E-state index in [4.69, 9.17) is 9.90 Å². The molecule has 0 rings (SSSR count). The molecule has 30 valence electrons. The van der Waals surface area contributed by atoms with Crippen molar-refractivity contribution in [3.63, 3.8) is 0 Å². The number of halogens is 1. The number of rotatable bonds is 1. The van der Waals surface area contributed by atoms with Crippen molar-refractivity contribution in [2.45, 2.75) is 0 Å². The third-order valence-corrected chi connectivity index (χ3v) is 0.109. The van der Waals surface area contributed by atoms with Gasteiger partial charge in [0.15, 0.2) is 0 Å². The minimum atomic E-state index is -1.66. The second-order valence-electron chi connectivity index (χ2n) is 0.506. The Morgan fingerprint density at radius 3 is 2.00 bits per heavy atom. The molecule has 0 unspecified atom stereocenters. The molecule has 0 aromatic carbocycles. The molecule has 0 N–H and O–H groups in total. The third kappa shape index (κ3) is 8.96. The Morgan fingerprint density at radius 1 is 1.83 bits per heavy atom. The Bertz CT molecular complexity index is 46.8. The van der Waals surface area contributed by atoms with Crippen molar-refractivity contribution in [3.05, 3.63) is 0 Å². The van der Waals surface area contributed by atoms with Crippen LogP contribution in [0.15, 0.2) is 0 Å². The van der Waals surface area contributed by atoms with Crippen LogP contribution in [0, 0.1) is 0 Å². The van der Waals surface area contributed by atoms with Gasteiger partial charge in [-0.25, -0.2) is 4.39 Å². The van der Waals surface area contributed by atoms with Crippen LogP contribution in [-0.2, 0) is 4.79 Å². The average molecular weight is 163 g/mol. The van der Waals surface area contributed by atoms with Crippen LogP contribution < -0.4 is 63.3 Å². The Morgan fingerprint density at radius 2 is 2.00 bits per heavy atom. The zero-order valence-corrected chi connectivity index (χ0v) is 8.32. The molecule has 0 fully saturated rings. The molecule has 0 bridgehead atoms. The fraction of sp³-hybridized carbons (Fsp3) is 0.500. The number of carbonyl (C=O) groups is 1. The Kier molecular flexibility index (Phi) is 10.6. The summed E-state index contributed by atoms with van der Waals surface area (Å²) < 4.78 is 10.5. The van der Waals surface area contributed by atoms with Crippen molar-refractivity contribution in [2.24, 2.45) is 0 Å². The first kappa shape index (κ1) is 10.2. The maximum Gasteiger partial charge on any atom is 1.00 e. The zero-order valence-electron chi connectivity index (χ0n) is 3.40. The van der Waals surface area contributed by atoms with Crippen LogP contribution in [0.25, 0.3) is 0 Å². The second kappa shape index (κ2) is 6.21. The minimum Gasteiger partial charge on any atom is -0.547 e. The molecule has 0 aliphatic heterocycles. The standard InChI is InChI=1S/C2H3FO2.Rb/c3-1-2(4)5;/h1H2,(H,4,5);/q;+1/p-1. The van der Waals surface area contributed by atoms with Crippen LogP contribution in [0.1, 0.15) is 0 Å². The number of aliphatic carboxylic acids is 1. The molecule has 0 aromatic rings. The van der Waals surface area contributed by atoms with Gasteiger partial charge in [0.1, 0.15) is 6.67 Å². The first-order valence-corrected chi connectivity index (χ1v) is 1.03. The minimum absolute atomic E-state index is 0. The van der Waals surface area contributed by atoms with Crippen molar-refractivity contribution in [2.75, 3.05) is 6.67 Å². The van der Waals surface area contributed by atoms with Gasteiger partial charge in [-0.1, -0.05) is 0 Å². The van der Waals surface area contributed by atoms with Gasteiger partial charge in [-0.2, -0.15) is 0 Å². The molecule has 0 atom stereocenters. The van der Waals surface area contributed by atoms with E-state index in [-0.39, 0.29) is 58.2 Å². The quantitative estimate of drug-likeness (QED) is 0.392. The van der Waals surface area contributed by atoms with E-state index in [0.717, 1.165) is 0 Å². The second-order valence-corrected chi connectivity index (χ2v) is 0.506. The molecule has 0 saturated heterocycles. The molecule has 0 spiro atoms. The summed E-state index contributed by atoms with van der Waals surface area (Å²) in [6, 6.07) is 0. The fourth-order valence-corrected chi connectivity index (χ4v) is 0. The molecular formula is C2H2FO2Rb. The summed E-state index contributed by atoms with van der Waals surface area (Å²) in [5, 5.41) is 8.88. The zero-order chi connectivity index (χ0) is 4.28. The molecular weight excluding hydrogens is 160 g/mol. The van der Waals surface area contributed by atoms with Crippen molar-refractivity contribution < 1.29 is 72.5 Å². The predicted molar refractivity (Wildman–Crippen MR) is 11.0 cm³/mol. The van der Waals surface area contributed by atoms with Crippen LogP contribution in [0.5, 0.6) is 0 Å². The monoisotopic (exact) mass is 162 g/mol. The summed E-state index contributed by atoms with van der Waals surface area (Å²) in [5.74, 6) is -1.66. The van der Waals surface area contributed by atoms with Gasteiger partial charge in [-0.05, 0) is 0 Å². The van der Waals surface area contributed by atoms with Crippen molar-refractivity contribution in [1.82, 2.24) is 0 Å². The molecule has 2 nitrogen and oxygen atoms in total. The first-order valence-electron chi connectivity index (χ1n) is 1.03. The molecule has 6 heavy (non-hydrogen) atoms. The van der Waals surface area contributed by atoms with Gasteiger partial charge in [0, 0.05) is 0 Å². The maximum atomic E-state index is 10.5. The smallest absolute Gasteiger partial charge is 0.547 e. The Labute approximate surface area is 83.5 Å². The van der Waals surface area contributed by atoms with E-state index in [0.29, 0.717) is 0 Å². The molecule has 0 heterocycles. The van der Waals surface area contributed by atoms with Crippen molar-refractivity contribution in [1.29, 1.82) is 0 Å². The van der Waals surface area contributed by atoms with Gasteiger partial charge in [-0.3, -0.25) is 0 Å². The number of carboxylic acids is 1. The van der Waals surface area contributed by atoms with Crippen molar-refractivity contribution in [3.8, 4) is 0 Å². The average Bonchev–Trinajstić information content (AvgIpc) is 1.38. The van der Waals surface area contributed by atoms with Crippen LogP contribution in [0.4, 0.5) is 4.39 Å². The summed E-state index contributed by atoms with van der Waals surface area (Å²) in [6.45, 7) is -1.39. The van der Waals surface area contributed by atoms with Gasteiger partial charge in [0.05, 0.1) is 5.97 Å². The van der Waals surface area contributed by atoms with Gasteiger partial charge >= 0.3 is 58.2 Å². The van der Waals surface area contributed by atoms with Crippen LogP contribution in [0.2, 0.25) is 0 Å². The third-order valence-electron chi connectivity index (χ3n) is 0.109. The van der Waals surface area contributed by atoms with E-state index in [1.54, 1.807) is 0 Å². The van der Waals surface area contributed by atoms with Crippen LogP contribution in [-0.4, -0.2) is 12.6 Å². The normalized spacial score (nSPS) is 6.17. The van der Waals surface area contributed by atoms with E-state index in [9.17, 15) is 4.39 Å². The SMILES string of the molecule is O=C([O-])CF.[Rb+]. The van der Waals surface area contributed by atoms with Gasteiger partial charge in [0.2, 0.25) is 0 Å². The van der Waals surface area contributed by atoms with Gasteiger partial charge < -0.3 is 9.90 Å².